The molecule has 5 nitrogen and oxygen atoms in total. The van der Waals surface area contributed by atoms with Crippen LogP contribution in [0.5, 0.6) is 11.6 Å². The summed E-state index contributed by atoms with van der Waals surface area (Å²) in [4.78, 5) is 0. The van der Waals surface area contributed by atoms with Gasteiger partial charge in [0.15, 0.2) is 0 Å². The molecule has 2 rings (SSSR count). The lowest BCUT2D eigenvalue weighted by atomic mass is 10.2. The number of rotatable bonds is 4. The molecule has 5 heteroatoms. The number of hydrogen-bond donors (Lipinski definition) is 0. The summed E-state index contributed by atoms with van der Waals surface area (Å²) in [6, 6.07) is 11.1. The van der Waals surface area contributed by atoms with Crippen LogP contribution in [0.3, 0.4) is 0 Å². The van der Waals surface area contributed by atoms with Crippen LogP contribution in [0.1, 0.15) is 11.1 Å². The fraction of sp³-hybridized carbons (Fsp3) is 0.154. The van der Waals surface area contributed by atoms with Crippen LogP contribution in [0, 0.1) is 11.3 Å². The maximum atomic E-state index is 8.88. The number of hydrogen-bond acceptors (Lipinski definition) is 5. The fourth-order valence-electron chi connectivity index (χ4n) is 1.42. The highest BCUT2D eigenvalue weighted by Gasteiger charge is 2.05. The van der Waals surface area contributed by atoms with Gasteiger partial charge in [-0.25, -0.2) is 0 Å². The van der Waals surface area contributed by atoms with Crippen molar-refractivity contribution in [3.8, 4) is 17.7 Å². The van der Waals surface area contributed by atoms with Gasteiger partial charge in [0.05, 0.1) is 13.3 Å². The first kappa shape index (κ1) is 11.9. The average molecular weight is 241 g/mol. The Labute approximate surface area is 105 Å². The SMILES string of the molecule is COc1cccc(COc2nnccc2C#N)c1. The quantitative estimate of drug-likeness (QED) is 0.818. The zero-order valence-electron chi connectivity index (χ0n) is 9.83. The second-order valence-electron chi connectivity index (χ2n) is 3.50. The molecule has 0 aliphatic carbocycles. The molecule has 18 heavy (non-hydrogen) atoms. The van der Waals surface area contributed by atoms with Crippen molar-refractivity contribution in [1.29, 1.82) is 5.26 Å². The molecule has 0 N–H and O–H groups in total. The van der Waals surface area contributed by atoms with Crippen molar-refractivity contribution in [2.75, 3.05) is 7.11 Å². The molecule has 1 heterocycles. The molecule has 0 amide bonds. The lowest BCUT2D eigenvalue weighted by Crippen LogP contribution is -2.00. The minimum atomic E-state index is 0.239. The van der Waals surface area contributed by atoms with Gasteiger partial charge in [-0.1, -0.05) is 12.1 Å². The Balaban J connectivity index is 2.09. The minimum Gasteiger partial charge on any atom is -0.497 e. The van der Waals surface area contributed by atoms with Crippen molar-refractivity contribution < 1.29 is 9.47 Å². The summed E-state index contributed by atoms with van der Waals surface area (Å²) >= 11 is 0. The first-order chi connectivity index (χ1) is 8.83. The Morgan fingerprint density at radius 3 is 3.00 bits per heavy atom. The van der Waals surface area contributed by atoms with Gasteiger partial charge in [-0.05, 0) is 23.8 Å². The normalized spacial score (nSPS) is 9.56. The van der Waals surface area contributed by atoms with Gasteiger partial charge < -0.3 is 9.47 Å². The van der Waals surface area contributed by atoms with Gasteiger partial charge in [-0.15, -0.1) is 5.10 Å². The van der Waals surface area contributed by atoms with Crippen molar-refractivity contribution in [2.45, 2.75) is 6.61 Å². The molecule has 0 spiro atoms. The maximum Gasteiger partial charge on any atom is 0.251 e. The highest BCUT2D eigenvalue weighted by molar-refractivity contribution is 5.36. The molecular formula is C13H11N3O2. The van der Waals surface area contributed by atoms with Crippen LogP contribution in [0.2, 0.25) is 0 Å². The van der Waals surface area contributed by atoms with Crippen LogP contribution in [0.4, 0.5) is 0 Å². The molecule has 1 aromatic carbocycles. The van der Waals surface area contributed by atoms with E-state index >= 15 is 0 Å². The molecule has 0 fully saturated rings. The summed E-state index contributed by atoms with van der Waals surface area (Å²) < 4.78 is 10.6. The van der Waals surface area contributed by atoms with Crippen molar-refractivity contribution >= 4 is 0 Å². The van der Waals surface area contributed by atoms with Crippen LogP contribution in [-0.4, -0.2) is 17.3 Å². The molecule has 2 aromatic rings. The van der Waals surface area contributed by atoms with Crippen LogP contribution in [-0.2, 0) is 6.61 Å². The van der Waals surface area contributed by atoms with Gasteiger partial charge in [0.2, 0.25) is 0 Å². The zero-order chi connectivity index (χ0) is 12.8. The number of methoxy groups -OCH3 is 1. The number of ether oxygens (including phenoxy) is 2. The van der Waals surface area contributed by atoms with Crippen LogP contribution in [0.25, 0.3) is 0 Å². The Kier molecular flexibility index (Phi) is 3.72. The number of nitriles is 1. The Hall–Kier alpha value is -2.61. The Bertz CT molecular complexity index is 578. The molecule has 0 radical (unpaired) electrons. The largest absolute Gasteiger partial charge is 0.497 e. The van der Waals surface area contributed by atoms with Gasteiger partial charge >= 0.3 is 0 Å². The lowest BCUT2D eigenvalue weighted by molar-refractivity contribution is 0.288. The molecule has 0 saturated carbocycles. The smallest absolute Gasteiger partial charge is 0.251 e. The minimum absolute atomic E-state index is 0.239. The van der Waals surface area contributed by atoms with Crippen LogP contribution >= 0.6 is 0 Å². The summed E-state index contributed by atoms with van der Waals surface area (Å²) in [5, 5.41) is 16.3. The predicted octanol–water partition coefficient (Wildman–Crippen LogP) is 1.94. The highest BCUT2D eigenvalue weighted by Crippen LogP contribution is 2.16. The molecule has 0 bridgehead atoms. The number of aromatic nitrogens is 2. The molecule has 1 aromatic heterocycles. The third-order valence-corrected chi connectivity index (χ3v) is 2.32. The molecule has 90 valence electrons. The third kappa shape index (κ3) is 2.74. The first-order valence-electron chi connectivity index (χ1n) is 5.31. The summed E-state index contributed by atoms with van der Waals surface area (Å²) in [6.45, 7) is 0.310. The van der Waals surface area contributed by atoms with E-state index in [9.17, 15) is 0 Å². The summed E-state index contributed by atoms with van der Waals surface area (Å²) in [5.41, 5.74) is 1.30. The van der Waals surface area contributed by atoms with Gasteiger partial charge in [0.1, 0.15) is 24.0 Å². The predicted molar refractivity (Wildman–Crippen MR) is 64.1 cm³/mol. The Morgan fingerprint density at radius 1 is 1.33 bits per heavy atom. The van der Waals surface area contributed by atoms with Gasteiger partial charge in [0, 0.05) is 0 Å². The Morgan fingerprint density at radius 2 is 2.22 bits per heavy atom. The van der Waals surface area contributed by atoms with E-state index in [-0.39, 0.29) is 5.88 Å². The molecule has 0 aliphatic rings. The van der Waals surface area contributed by atoms with E-state index in [1.807, 2.05) is 30.3 Å². The van der Waals surface area contributed by atoms with E-state index in [4.69, 9.17) is 14.7 Å². The zero-order valence-corrected chi connectivity index (χ0v) is 9.83. The second kappa shape index (κ2) is 5.64. The highest BCUT2D eigenvalue weighted by atomic mass is 16.5. The third-order valence-electron chi connectivity index (χ3n) is 2.32. The monoisotopic (exact) mass is 241 g/mol. The van der Waals surface area contributed by atoms with E-state index in [0.29, 0.717) is 12.2 Å². The van der Waals surface area contributed by atoms with E-state index in [1.54, 1.807) is 13.2 Å². The standard InChI is InChI=1S/C13H11N3O2/c1-17-12-4-2-3-10(7-12)9-18-13-11(8-14)5-6-15-16-13/h2-7H,9H2,1H3. The number of benzene rings is 1. The summed E-state index contributed by atoms with van der Waals surface area (Å²) in [5.74, 6) is 0.999. The topological polar surface area (TPSA) is 68.0 Å². The molecular weight excluding hydrogens is 230 g/mol. The van der Waals surface area contributed by atoms with Crippen molar-refractivity contribution in [3.05, 3.63) is 47.7 Å². The van der Waals surface area contributed by atoms with Crippen LogP contribution < -0.4 is 9.47 Å². The van der Waals surface area contributed by atoms with E-state index in [0.717, 1.165) is 11.3 Å². The molecule has 0 atom stereocenters. The van der Waals surface area contributed by atoms with Gasteiger partial charge in [-0.3, -0.25) is 0 Å². The van der Waals surface area contributed by atoms with E-state index in [2.05, 4.69) is 10.2 Å². The molecule has 0 saturated heterocycles. The van der Waals surface area contributed by atoms with Crippen molar-refractivity contribution in [1.82, 2.24) is 10.2 Å². The van der Waals surface area contributed by atoms with E-state index in [1.165, 1.54) is 6.20 Å². The van der Waals surface area contributed by atoms with E-state index < -0.39 is 0 Å². The maximum absolute atomic E-state index is 8.88. The van der Waals surface area contributed by atoms with Crippen molar-refractivity contribution in [2.24, 2.45) is 0 Å². The second-order valence-corrected chi connectivity index (χ2v) is 3.50. The molecule has 0 aliphatic heterocycles. The van der Waals surface area contributed by atoms with Gasteiger partial charge in [0.25, 0.3) is 5.88 Å². The first-order valence-corrected chi connectivity index (χ1v) is 5.31. The fourth-order valence-corrected chi connectivity index (χ4v) is 1.42. The number of nitrogens with zero attached hydrogens (tertiary/aromatic N) is 3. The average Bonchev–Trinajstić information content (AvgIpc) is 2.45. The lowest BCUT2D eigenvalue weighted by Gasteiger charge is -2.07. The van der Waals surface area contributed by atoms with Gasteiger partial charge in [-0.2, -0.15) is 10.4 Å². The van der Waals surface area contributed by atoms with Crippen molar-refractivity contribution in [3.63, 3.8) is 0 Å². The summed E-state index contributed by atoms with van der Waals surface area (Å²) in [6.07, 6.45) is 1.46. The van der Waals surface area contributed by atoms with Crippen LogP contribution in [0.15, 0.2) is 36.5 Å². The summed E-state index contributed by atoms with van der Waals surface area (Å²) in [7, 11) is 1.61. The molecule has 0 unspecified atom stereocenters.